The van der Waals surface area contributed by atoms with Gasteiger partial charge in [0.1, 0.15) is 5.82 Å². The number of aromatic amines is 1. The van der Waals surface area contributed by atoms with Crippen LogP contribution in [0.2, 0.25) is 0 Å². The highest BCUT2D eigenvalue weighted by molar-refractivity contribution is 5.92. The molecule has 0 saturated carbocycles. The third-order valence-electron chi connectivity index (χ3n) is 6.67. The van der Waals surface area contributed by atoms with Gasteiger partial charge in [-0.25, -0.2) is 14.3 Å². The number of carbonyl (C=O) groups excluding carboxylic acids is 1. The molecular formula is C25H26N6O3. The van der Waals surface area contributed by atoms with E-state index in [9.17, 15) is 4.79 Å². The van der Waals surface area contributed by atoms with Crippen molar-refractivity contribution in [3.63, 3.8) is 0 Å². The van der Waals surface area contributed by atoms with Gasteiger partial charge in [-0.3, -0.25) is 5.10 Å². The first-order valence-electron chi connectivity index (χ1n) is 11.7. The Morgan fingerprint density at radius 3 is 2.65 bits per heavy atom. The molecule has 4 aromatic rings. The summed E-state index contributed by atoms with van der Waals surface area (Å²) in [7, 11) is 0. The Balaban J connectivity index is 1.55. The topological polar surface area (TPSA) is 97.6 Å². The van der Waals surface area contributed by atoms with E-state index in [4.69, 9.17) is 19.6 Å². The lowest BCUT2D eigenvalue weighted by molar-refractivity contribution is 0.0512. The lowest BCUT2D eigenvalue weighted by Crippen LogP contribution is -2.18. The van der Waals surface area contributed by atoms with E-state index >= 15 is 0 Å². The molecule has 9 nitrogen and oxygen atoms in total. The van der Waals surface area contributed by atoms with Gasteiger partial charge in [0, 0.05) is 49.7 Å². The van der Waals surface area contributed by atoms with Crippen LogP contribution in [0.4, 0.5) is 5.82 Å². The average molecular weight is 459 g/mol. The number of carbonyl (C=O) groups is 1. The summed E-state index contributed by atoms with van der Waals surface area (Å²) >= 11 is 0. The maximum atomic E-state index is 13.0. The second-order valence-corrected chi connectivity index (χ2v) is 8.72. The van der Waals surface area contributed by atoms with E-state index in [0.717, 1.165) is 48.6 Å². The number of aromatic nitrogens is 5. The number of rotatable bonds is 5. The highest BCUT2D eigenvalue weighted by atomic mass is 16.5. The quantitative estimate of drug-likeness (QED) is 0.455. The van der Waals surface area contributed by atoms with Gasteiger partial charge in [-0.2, -0.15) is 10.2 Å². The molecule has 0 atom stereocenters. The summed E-state index contributed by atoms with van der Waals surface area (Å²) in [5.41, 5.74) is 6.20. The van der Waals surface area contributed by atoms with E-state index in [1.54, 1.807) is 17.6 Å². The Bertz CT molecular complexity index is 1320. The molecule has 2 aliphatic heterocycles. The summed E-state index contributed by atoms with van der Waals surface area (Å²) in [5, 5.41) is 11.8. The van der Waals surface area contributed by atoms with Crippen molar-refractivity contribution in [2.24, 2.45) is 0 Å². The Kier molecular flexibility index (Phi) is 5.26. The molecule has 2 aliphatic rings. The van der Waals surface area contributed by atoms with Crippen molar-refractivity contribution < 1.29 is 14.3 Å². The van der Waals surface area contributed by atoms with Crippen LogP contribution in [0, 0.1) is 0 Å². The van der Waals surface area contributed by atoms with Crippen LogP contribution >= 0.6 is 0 Å². The molecule has 0 spiro atoms. The summed E-state index contributed by atoms with van der Waals surface area (Å²) in [6.45, 7) is 4.98. The number of nitrogens with zero attached hydrogens (tertiary/aromatic N) is 5. The molecule has 3 aromatic heterocycles. The fourth-order valence-electron chi connectivity index (χ4n) is 4.99. The van der Waals surface area contributed by atoms with Crippen molar-refractivity contribution in [1.82, 2.24) is 24.8 Å². The number of hydrogen-bond donors (Lipinski definition) is 1. The molecule has 0 unspecified atom stereocenters. The van der Waals surface area contributed by atoms with E-state index in [-0.39, 0.29) is 5.92 Å². The Morgan fingerprint density at radius 1 is 1.21 bits per heavy atom. The van der Waals surface area contributed by atoms with Gasteiger partial charge in [0.2, 0.25) is 0 Å². The Morgan fingerprint density at radius 2 is 1.97 bits per heavy atom. The zero-order valence-corrected chi connectivity index (χ0v) is 19.0. The van der Waals surface area contributed by atoms with Crippen molar-refractivity contribution >= 4 is 17.4 Å². The summed E-state index contributed by atoms with van der Waals surface area (Å²) in [4.78, 5) is 20.3. The minimum absolute atomic E-state index is 0.126. The molecule has 0 radical (unpaired) electrons. The monoisotopic (exact) mass is 458 g/mol. The van der Waals surface area contributed by atoms with Crippen molar-refractivity contribution in [1.29, 1.82) is 0 Å². The minimum atomic E-state index is -0.414. The van der Waals surface area contributed by atoms with E-state index in [1.807, 2.05) is 12.3 Å². The van der Waals surface area contributed by atoms with Crippen LogP contribution in [0.5, 0.6) is 0 Å². The predicted molar refractivity (Wildman–Crippen MR) is 126 cm³/mol. The normalized spacial score (nSPS) is 16.2. The van der Waals surface area contributed by atoms with Crippen LogP contribution in [0.1, 0.15) is 52.9 Å². The number of hydrogen-bond acceptors (Lipinski definition) is 7. The average Bonchev–Trinajstić information content (AvgIpc) is 3.62. The van der Waals surface area contributed by atoms with Crippen LogP contribution in [-0.4, -0.2) is 50.6 Å². The fraction of sp³-hybridized carbons (Fsp3) is 0.360. The number of esters is 1. The van der Waals surface area contributed by atoms with Gasteiger partial charge in [0.25, 0.3) is 0 Å². The van der Waals surface area contributed by atoms with Gasteiger partial charge < -0.3 is 14.4 Å². The maximum Gasteiger partial charge on any atom is 0.359 e. The van der Waals surface area contributed by atoms with Crippen LogP contribution in [0.15, 0.2) is 42.7 Å². The van der Waals surface area contributed by atoms with Gasteiger partial charge in [0.15, 0.2) is 11.3 Å². The second kappa shape index (κ2) is 8.57. The number of anilines is 1. The van der Waals surface area contributed by atoms with E-state index in [1.165, 1.54) is 11.1 Å². The van der Waals surface area contributed by atoms with Crippen LogP contribution in [0.25, 0.3) is 16.9 Å². The van der Waals surface area contributed by atoms with Gasteiger partial charge in [-0.1, -0.05) is 24.3 Å². The molecule has 1 N–H and O–H groups in total. The van der Waals surface area contributed by atoms with Crippen molar-refractivity contribution in [2.75, 3.05) is 24.7 Å². The fourth-order valence-corrected chi connectivity index (χ4v) is 4.99. The van der Waals surface area contributed by atoms with E-state index in [2.05, 4.69) is 39.4 Å². The van der Waals surface area contributed by atoms with Crippen LogP contribution in [-0.2, 0) is 22.6 Å². The molecule has 0 aliphatic carbocycles. The first kappa shape index (κ1) is 20.9. The summed E-state index contributed by atoms with van der Waals surface area (Å²) in [5.74, 6) is 0.563. The smallest absolute Gasteiger partial charge is 0.359 e. The number of H-pyrrole nitrogens is 1. The van der Waals surface area contributed by atoms with Crippen molar-refractivity contribution in [2.45, 2.75) is 38.8 Å². The third-order valence-corrected chi connectivity index (χ3v) is 6.67. The summed E-state index contributed by atoms with van der Waals surface area (Å²) in [6, 6.07) is 10.5. The van der Waals surface area contributed by atoms with Crippen LogP contribution < -0.4 is 4.90 Å². The van der Waals surface area contributed by atoms with Gasteiger partial charge >= 0.3 is 5.97 Å². The first-order valence-corrected chi connectivity index (χ1v) is 11.7. The second-order valence-electron chi connectivity index (χ2n) is 8.72. The number of benzene rings is 1. The molecule has 34 heavy (non-hydrogen) atoms. The molecule has 1 saturated heterocycles. The zero-order valence-electron chi connectivity index (χ0n) is 19.0. The Labute approximate surface area is 196 Å². The van der Waals surface area contributed by atoms with Gasteiger partial charge in [0.05, 0.1) is 18.5 Å². The molecule has 0 bridgehead atoms. The zero-order chi connectivity index (χ0) is 23.1. The molecule has 5 heterocycles. The molecule has 0 amide bonds. The van der Waals surface area contributed by atoms with Crippen LogP contribution in [0.3, 0.4) is 0 Å². The van der Waals surface area contributed by atoms with E-state index < -0.39 is 5.97 Å². The number of ether oxygens (including phenoxy) is 2. The molecule has 1 fully saturated rings. The molecule has 174 valence electrons. The van der Waals surface area contributed by atoms with Gasteiger partial charge in [-0.05, 0) is 36.8 Å². The third kappa shape index (κ3) is 3.52. The van der Waals surface area contributed by atoms with E-state index in [0.29, 0.717) is 31.2 Å². The van der Waals surface area contributed by atoms with Crippen molar-refractivity contribution in [3.8, 4) is 11.3 Å². The Hall–Kier alpha value is -3.72. The molecule has 1 aromatic carbocycles. The standard InChI is InChI=1S/C25H26N6O3/c1-2-34-25(32)23-22(16-7-9-33-10-8-16)24-28-21(30-14-17-5-3-4-6-18(17)15-30)11-20(31(24)29-23)19-12-26-27-13-19/h3-6,11-13,16H,2,7-10,14-15H2,1H3,(H,26,27). The lowest BCUT2D eigenvalue weighted by atomic mass is 9.91. The van der Waals surface area contributed by atoms with Crippen molar-refractivity contribution in [3.05, 3.63) is 65.1 Å². The lowest BCUT2D eigenvalue weighted by Gasteiger charge is -2.23. The molecule has 9 heteroatoms. The highest BCUT2D eigenvalue weighted by Crippen LogP contribution is 2.37. The predicted octanol–water partition coefficient (Wildman–Crippen LogP) is 3.71. The number of fused-ring (bicyclic) bond motifs is 2. The number of nitrogens with one attached hydrogen (secondary N) is 1. The molecule has 6 rings (SSSR count). The summed E-state index contributed by atoms with van der Waals surface area (Å²) in [6.07, 6.45) is 5.22. The van der Waals surface area contributed by atoms with Gasteiger partial charge in [-0.15, -0.1) is 0 Å². The minimum Gasteiger partial charge on any atom is -0.461 e. The molecular weight excluding hydrogens is 432 g/mol. The summed E-state index contributed by atoms with van der Waals surface area (Å²) < 4.78 is 12.8. The maximum absolute atomic E-state index is 13.0. The first-order chi connectivity index (χ1) is 16.7. The largest absolute Gasteiger partial charge is 0.461 e. The highest BCUT2D eigenvalue weighted by Gasteiger charge is 2.31. The SMILES string of the molecule is CCOC(=O)c1nn2c(-c3cn[nH]c3)cc(N3Cc4ccccc4C3)nc2c1C1CCOCC1.